The van der Waals surface area contributed by atoms with Crippen molar-refractivity contribution in [1.82, 2.24) is 4.90 Å². The molecule has 2 heterocycles. The summed E-state index contributed by atoms with van der Waals surface area (Å²) in [5.74, 6) is 0.915. The van der Waals surface area contributed by atoms with Crippen molar-refractivity contribution in [3.05, 3.63) is 47.9 Å². The van der Waals surface area contributed by atoms with Gasteiger partial charge in [0.2, 0.25) is 5.91 Å². The monoisotopic (exact) mass is 439 g/mol. The van der Waals surface area contributed by atoms with E-state index < -0.39 is 0 Å². The van der Waals surface area contributed by atoms with Crippen LogP contribution < -0.4 is 10.2 Å². The summed E-state index contributed by atoms with van der Waals surface area (Å²) < 4.78 is 5.59. The maximum atomic E-state index is 13.5. The molecule has 6 heteroatoms. The van der Waals surface area contributed by atoms with E-state index in [2.05, 4.69) is 24.1 Å². The van der Waals surface area contributed by atoms with Crippen molar-refractivity contribution in [1.29, 1.82) is 0 Å². The molecule has 1 aliphatic heterocycles. The van der Waals surface area contributed by atoms with Crippen LogP contribution in [0.1, 0.15) is 81.3 Å². The molecule has 32 heavy (non-hydrogen) atoms. The van der Waals surface area contributed by atoms with Crippen LogP contribution in [-0.2, 0) is 11.3 Å². The maximum Gasteiger partial charge on any atom is 0.256 e. The number of likely N-dealkylation sites (tertiary alicyclic amines) is 1. The average molecular weight is 440 g/mol. The van der Waals surface area contributed by atoms with E-state index in [-0.39, 0.29) is 11.8 Å². The summed E-state index contributed by atoms with van der Waals surface area (Å²) in [6, 6.07) is 9.60. The Bertz CT molecular complexity index is 857. The molecule has 1 N–H and O–H groups in total. The minimum atomic E-state index is 0.00389. The molecule has 6 nitrogen and oxygen atoms in total. The van der Waals surface area contributed by atoms with Gasteiger partial charge in [-0.05, 0) is 56.0 Å². The number of amides is 2. The predicted molar refractivity (Wildman–Crippen MR) is 129 cm³/mol. The van der Waals surface area contributed by atoms with Gasteiger partial charge in [-0.1, -0.05) is 33.1 Å². The topological polar surface area (TPSA) is 65.8 Å². The van der Waals surface area contributed by atoms with Crippen molar-refractivity contribution in [2.45, 2.75) is 71.8 Å². The molecule has 1 aromatic heterocycles. The van der Waals surface area contributed by atoms with Crippen LogP contribution in [-0.4, -0.2) is 36.3 Å². The Balaban J connectivity index is 1.87. The number of rotatable bonds is 12. The predicted octanol–water partition coefficient (Wildman–Crippen LogP) is 5.84. The van der Waals surface area contributed by atoms with Gasteiger partial charge >= 0.3 is 0 Å². The number of carbonyl (C=O) groups is 2. The minimum Gasteiger partial charge on any atom is -0.467 e. The number of hydrogen-bond donors (Lipinski definition) is 1. The number of nitrogens with zero attached hydrogens (tertiary/aromatic N) is 2. The molecule has 174 valence electrons. The normalized spacial score (nSPS) is 13.4. The van der Waals surface area contributed by atoms with Gasteiger partial charge in [0.05, 0.1) is 24.1 Å². The van der Waals surface area contributed by atoms with Crippen LogP contribution in [0.15, 0.2) is 41.0 Å². The van der Waals surface area contributed by atoms with Crippen LogP contribution >= 0.6 is 0 Å². The van der Waals surface area contributed by atoms with Crippen LogP contribution in [0.2, 0.25) is 0 Å². The Kier molecular flexibility index (Phi) is 9.20. The van der Waals surface area contributed by atoms with Crippen molar-refractivity contribution in [2.24, 2.45) is 0 Å². The minimum absolute atomic E-state index is 0.00389. The molecule has 1 aromatic carbocycles. The van der Waals surface area contributed by atoms with E-state index in [1.165, 1.54) is 0 Å². The first-order valence-corrected chi connectivity index (χ1v) is 12.1. The number of hydrogen-bond acceptors (Lipinski definition) is 4. The smallest absolute Gasteiger partial charge is 0.256 e. The van der Waals surface area contributed by atoms with Crippen molar-refractivity contribution >= 4 is 23.2 Å². The van der Waals surface area contributed by atoms with E-state index in [0.29, 0.717) is 24.2 Å². The molecule has 0 atom stereocenters. The highest BCUT2D eigenvalue weighted by Crippen LogP contribution is 2.29. The standard InChI is InChI=1S/C26H37N3O3/c1-3-5-7-12-25(30)27-21-13-14-24(23(19-21)26(31)28-16-8-9-17-28)29(15-6-4-2)20-22-11-10-18-32-22/h10-11,13-14,18-19H,3-9,12,15-17,20H2,1-2H3,(H,27,30). The molecular formula is C26H37N3O3. The van der Waals surface area contributed by atoms with E-state index in [1.807, 2.05) is 35.2 Å². The third kappa shape index (κ3) is 6.62. The number of nitrogens with one attached hydrogen (secondary N) is 1. The summed E-state index contributed by atoms with van der Waals surface area (Å²) in [5.41, 5.74) is 2.24. The van der Waals surface area contributed by atoms with Crippen LogP contribution in [0.4, 0.5) is 11.4 Å². The SMILES string of the molecule is CCCCCC(=O)Nc1ccc(N(CCCC)Cc2ccco2)c(C(=O)N2CCCC2)c1. The highest BCUT2D eigenvalue weighted by molar-refractivity contribution is 6.02. The summed E-state index contributed by atoms with van der Waals surface area (Å²) in [5, 5.41) is 2.99. The Labute approximate surface area is 192 Å². The van der Waals surface area contributed by atoms with Gasteiger partial charge in [-0.2, -0.15) is 0 Å². The molecule has 0 radical (unpaired) electrons. The number of anilines is 2. The molecule has 2 aromatic rings. The molecule has 0 bridgehead atoms. The van der Waals surface area contributed by atoms with Crippen molar-refractivity contribution in [2.75, 3.05) is 29.9 Å². The summed E-state index contributed by atoms with van der Waals surface area (Å²) in [6.45, 7) is 7.31. The zero-order chi connectivity index (χ0) is 22.8. The molecule has 1 fully saturated rings. The summed E-state index contributed by atoms with van der Waals surface area (Å²) in [6.07, 6.45) is 9.37. The lowest BCUT2D eigenvalue weighted by molar-refractivity contribution is -0.116. The molecular weight excluding hydrogens is 402 g/mol. The molecule has 0 aliphatic carbocycles. The zero-order valence-electron chi connectivity index (χ0n) is 19.6. The van der Waals surface area contributed by atoms with E-state index in [1.54, 1.807) is 6.26 Å². The van der Waals surface area contributed by atoms with Crippen molar-refractivity contribution in [3.63, 3.8) is 0 Å². The van der Waals surface area contributed by atoms with Gasteiger partial charge in [0, 0.05) is 31.7 Å². The van der Waals surface area contributed by atoms with Gasteiger partial charge < -0.3 is 19.5 Å². The number of benzene rings is 1. The third-order valence-electron chi connectivity index (χ3n) is 5.96. The fourth-order valence-electron chi connectivity index (χ4n) is 4.13. The molecule has 0 unspecified atom stereocenters. The van der Waals surface area contributed by atoms with Crippen LogP contribution in [0.25, 0.3) is 0 Å². The number of unbranched alkanes of at least 4 members (excludes halogenated alkanes) is 3. The fourth-order valence-corrected chi connectivity index (χ4v) is 4.13. The summed E-state index contributed by atoms with van der Waals surface area (Å²) in [7, 11) is 0. The molecule has 0 spiro atoms. The quantitative estimate of drug-likeness (QED) is 0.422. The van der Waals surface area contributed by atoms with Gasteiger partial charge in [0.15, 0.2) is 0 Å². The highest BCUT2D eigenvalue weighted by atomic mass is 16.3. The zero-order valence-corrected chi connectivity index (χ0v) is 19.6. The third-order valence-corrected chi connectivity index (χ3v) is 5.96. The fraction of sp³-hybridized carbons (Fsp3) is 0.538. The average Bonchev–Trinajstić information content (AvgIpc) is 3.51. The van der Waals surface area contributed by atoms with Gasteiger partial charge in [-0.25, -0.2) is 0 Å². The Morgan fingerprint density at radius 1 is 1.06 bits per heavy atom. The van der Waals surface area contributed by atoms with Crippen molar-refractivity contribution in [3.8, 4) is 0 Å². The van der Waals surface area contributed by atoms with Crippen LogP contribution in [0.3, 0.4) is 0 Å². The molecule has 3 rings (SSSR count). The van der Waals surface area contributed by atoms with Crippen LogP contribution in [0.5, 0.6) is 0 Å². The summed E-state index contributed by atoms with van der Waals surface area (Å²) >= 11 is 0. The van der Waals surface area contributed by atoms with Gasteiger partial charge in [0.1, 0.15) is 5.76 Å². The second-order valence-corrected chi connectivity index (χ2v) is 8.59. The van der Waals surface area contributed by atoms with Crippen LogP contribution in [0, 0.1) is 0 Å². The maximum absolute atomic E-state index is 13.5. The van der Waals surface area contributed by atoms with Gasteiger partial charge in [0.25, 0.3) is 5.91 Å². The van der Waals surface area contributed by atoms with E-state index in [9.17, 15) is 9.59 Å². The lowest BCUT2D eigenvalue weighted by Gasteiger charge is -2.28. The molecule has 0 saturated carbocycles. The number of furan rings is 1. The second-order valence-electron chi connectivity index (χ2n) is 8.59. The first-order valence-electron chi connectivity index (χ1n) is 12.1. The Morgan fingerprint density at radius 2 is 1.84 bits per heavy atom. The Hall–Kier alpha value is -2.76. The van der Waals surface area contributed by atoms with Crippen molar-refractivity contribution < 1.29 is 14.0 Å². The largest absolute Gasteiger partial charge is 0.467 e. The van der Waals surface area contributed by atoms with Gasteiger partial charge in [-0.3, -0.25) is 9.59 Å². The first-order chi connectivity index (χ1) is 15.6. The second kappa shape index (κ2) is 12.3. The van der Waals surface area contributed by atoms with E-state index >= 15 is 0 Å². The van der Waals surface area contributed by atoms with E-state index in [0.717, 1.165) is 76.0 Å². The summed E-state index contributed by atoms with van der Waals surface area (Å²) in [4.78, 5) is 30.0. The lowest BCUT2D eigenvalue weighted by atomic mass is 10.1. The first kappa shape index (κ1) is 23.9. The van der Waals surface area contributed by atoms with E-state index in [4.69, 9.17) is 4.42 Å². The molecule has 2 amide bonds. The number of carbonyl (C=O) groups excluding carboxylic acids is 2. The highest BCUT2D eigenvalue weighted by Gasteiger charge is 2.25. The molecule has 1 saturated heterocycles. The Morgan fingerprint density at radius 3 is 2.53 bits per heavy atom. The van der Waals surface area contributed by atoms with Gasteiger partial charge in [-0.15, -0.1) is 0 Å². The molecule has 1 aliphatic rings. The lowest BCUT2D eigenvalue weighted by Crippen LogP contribution is -2.31.